The van der Waals surface area contributed by atoms with Crippen LogP contribution in [0.5, 0.6) is 5.75 Å². The van der Waals surface area contributed by atoms with Gasteiger partial charge in [0.2, 0.25) is 5.76 Å². The second-order valence-electron chi connectivity index (χ2n) is 6.52. The van der Waals surface area contributed by atoms with Gasteiger partial charge in [0.25, 0.3) is 5.56 Å². The summed E-state index contributed by atoms with van der Waals surface area (Å²) in [4.78, 5) is 31.5. The fraction of sp³-hybridized carbons (Fsp3) is 0.136. The van der Waals surface area contributed by atoms with Crippen molar-refractivity contribution in [2.75, 3.05) is 0 Å². The van der Waals surface area contributed by atoms with Crippen molar-refractivity contribution in [2.24, 2.45) is 0 Å². The highest BCUT2D eigenvalue weighted by Crippen LogP contribution is 2.19. The summed E-state index contributed by atoms with van der Waals surface area (Å²) in [7, 11) is 0. The SMILES string of the molecule is CC(OC(=O)c1ccc(COc2ccc(F)cc2)o1)c1nc2ccccc2c(=O)[nH]1. The number of nitrogens with zero attached hydrogens (tertiary/aromatic N) is 1. The van der Waals surface area contributed by atoms with Crippen molar-refractivity contribution in [1.82, 2.24) is 9.97 Å². The van der Waals surface area contributed by atoms with E-state index in [1.54, 1.807) is 37.3 Å². The predicted octanol–water partition coefficient (Wildman–Crippen LogP) is 4.15. The van der Waals surface area contributed by atoms with Crippen molar-refractivity contribution in [3.05, 3.63) is 94.2 Å². The molecule has 4 aromatic rings. The van der Waals surface area contributed by atoms with Crippen LogP contribution in [0.25, 0.3) is 10.9 Å². The lowest BCUT2D eigenvalue weighted by molar-refractivity contribution is 0.0280. The molecule has 0 aliphatic heterocycles. The fourth-order valence-corrected chi connectivity index (χ4v) is 2.82. The number of carbonyl (C=O) groups excluding carboxylic acids is 1. The Kier molecular flexibility index (Phi) is 5.30. The van der Waals surface area contributed by atoms with Crippen LogP contribution in [-0.4, -0.2) is 15.9 Å². The number of fused-ring (bicyclic) bond motifs is 1. The van der Waals surface area contributed by atoms with Crippen LogP contribution in [0.4, 0.5) is 4.39 Å². The first-order chi connectivity index (χ1) is 14.5. The van der Waals surface area contributed by atoms with Crippen LogP contribution < -0.4 is 10.3 Å². The number of esters is 1. The van der Waals surface area contributed by atoms with Crippen LogP contribution >= 0.6 is 0 Å². The van der Waals surface area contributed by atoms with E-state index >= 15 is 0 Å². The van der Waals surface area contributed by atoms with Crippen LogP contribution in [0.3, 0.4) is 0 Å². The average Bonchev–Trinajstić information content (AvgIpc) is 3.22. The largest absolute Gasteiger partial charge is 0.486 e. The van der Waals surface area contributed by atoms with Gasteiger partial charge in [0.05, 0.1) is 10.9 Å². The Morgan fingerprint density at radius 2 is 1.90 bits per heavy atom. The topological polar surface area (TPSA) is 94.4 Å². The maximum Gasteiger partial charge on any atom is 0.374 e. The van der Waals surface area contributed by atoms with Crippen molar-refractivity contribution >= 4 is 16.9 Å². The van der Waals surface area contributed by atoms with Gasteiger partial charge in [-0.15, -0.1) is 0 Å². The number of H-pyrrole nitrogens is 1. The molecule has 4 rings (SSSR count). The van der Waals surface area contributed by atoms with E-state index in [2.05, 4.69) is 9.97 Å². The van der Waals surface area contributed by atoms with E-state index in [1.165, 1.54) is 30.3 Å². The average molecular weight is 408 g/mol. The highest BCUT2D eigenvalue weighted by atomic mass is 19.1. The number of nitrogens with one attached hydrogen (secondary N) is 1. The third kappa shape index (κ3) is 4.22. The van der Waals surface area contributed by atoms with Gasteiger partial charge in [-0.3, -0.25) is 4.79 Å². The highest BCUT2D eigenvalue weighted by Gasteiger charge is 2.19. The Morgan fingerprint density at radius 1 is 1.13 bits per heavy atom. The van der Waals surface area contributed by atoms with Crippen LogP contribution in [0.2, 0.25) is 0 Å². The molecule has 0 spiro atoms. The van der Waals surface area contributed by atoms with Crippen LogP contribution in [0.1, 0.15) is 35.2 Å². The Bertz CT molecular complexity index is 1250. The molecule has 0 bridgehead atoms. The Hall–Kier alpha value is -3.94. The molecule has 0 fully saturated rings. The molecule has 2 aromatic heterocycles. The normalized spacial score (nSPS) is 11.9. The Morgan fingerprint density at radius 3 is 2.70 bits per heavy atom. The summed E-state index contributed by atoms with van der Waals surface area (Å²) in [5.74, 6) is 0.0299. The number of aromatic amines is 1. The van der Waals surface area contributed by atoms with E-state index in [9.17, 15) is 14.0 Å². The maximum atomic E-state index is 12.9. The molecule has 0 saturated heterocycles. The first-order valence-corrected chi connectivity index (χ1v) is 9.16. The molecule has 0 saturated carbocycles. The standard InChI is InChI=1S/C22H17FN2O5/c1-13(20-24-18-5-3-2-4-17(18)21(26)25-20)29-22(27)19-11-10-16(30-19)12-28-15-8-6-14(23)7-9-15/h2-11,13H,12H2,1H3,(H,24,25,26). The Balaban J connectivity index is 1.41. The molecular formula is C22H17FN2O5. The lowest BCUT2D eigenvalue weighted by atomic mass is 10.2. The zero-order valence-electron chi connectivity index (χ0n) is 15.9. The summed E-state index contributed by atoms with van der Waals surface area (Å²) in [6.45, 7) is 1.67. The minimum Gasteiger partial charge on any atom is -0.486 e. The number of para-hydroxylation sites is 1. The summed E-state index contributed by atoms with van der Waals surface area (Å²) in [5.41, 5.74) is 0.203. The van der Waals surface area contributed by atoms with Crippen molar-refractivity contribution in [2.45, 2.75) is 19.6 Å². The number of halogens is 1. The number of furan rings is 1. The summed E-state index contributed by atoms with van der Waals surface area (Å²) >= 11 is 0. The van der Waals surface area contributed by atoms with Crippen LogP contribution in [-0.2, 0) is 11.3 Å². The number of hydrogen-bond donors (Lipinski definition) is 1. The number of benzene rings is 2. The summed E-state index contributed by atoms with van der Waals surface area (Å²) in [5, 5.41) is 0.455. The molecule has 8 heteroatoms. The lowest BCUT2D eigenvalue weighted by Gasteiger charge is -2.12. The zero-order valence-corrected chi connectivity index (χ0v) is 15.9. The van der Waals surface area contributed by atoms with E-state index in [-0.39, 0.29) is 29.6 Å². The highest BCUT2D eigenvalue weighted by molar-refractivity contribution is 5.86. The number of carbonyl (C=O) groups is 1. The minimum atomic E-state index is -0.793. The van der Waals surface area contributed by atoms with Gasteiger partial charge in [0.15, 0.2) is 11.9 Å². The summed E-state index contributed by atoms with van der Waals surface area (Å²) < 4.78 is 29.2. The fourth-order valence-electron chi connectivity index (χ4n) is 2.82. The molecule has 1 atom stereocenters. The predicted molar refractivity (Wildman–Crippen MR) is 106 cm³/mol. The molecule has 0 aliphatic carbocycles. The lowest BCUT2D eigenvalue weighted by Crippen LogP contribution is -2.17. The molecule has 7 nitrogen and oxygen atoms in total. The quantitative estimate of drug-likeness (QED) is 0.482. The molecule has 1 unspecified atom stereocenters. The van der Waals surface area contributed by atoms with Crippen LogP contribution in [0, 0.1) is 5.82 Å². The maximum absolute atomic E-state index is 12.9. The summed E-state index contributed by atoms with van der Waals surface area (Å²) in [6, 6.07) is 15.5. The zero-order chi connectivity index (χ0) is 21.1. The van der Waals surface area contributed by atoms with Crippen molar-refractivity contribution in [3.8, 4) is 5.75 Å². The van der Waals surface area contributed by atoms with Crippen molar-refractivity contribution in [3.63, 3.8) is 0 Å². The smallest absolute Gasteiger partial charge is 0.374 e. The Labute approximate surface area is 170 Å². The van der Waals surface area contributed by atoms with E-state index in [1.807, 2.05) is 0 Å². The van der Waals surface area contributed by atoms with E-state index < -0.39 is 12.1 Å². The van der Waals surface area contributed by atoms with Gasteiger partial charge in [0.1, 0.15) is 23.9 Å². The number of hydrogen-bond acceptors (Lipinski definition) is 6. The molecule has 30 heavy (non-hydrogen) atoms. The number of ether oxygens (including phenoxy) is 2. The molecule has 2 aromatic carbocycles. The van der Waals surface area contributed by atoms with Crippen LogP contribution in [0.15, 0.2) is 69.9 Å². The van der Waals surface area contributed by atoms with Gasteiger partial charge in [0, 0.05) is 0 Å². The van der Waals surface area contributed by atoms with Gasteiger partial charge in [-0.05, 0) is 55.5 Å². The first kappa shape index (κ1) is 19.4. The molecule has 1 N–H and O–H groups in total. The van der Waals surface area contributed by atoms with Crippen molar-refractivity contribution < 1.29 is 23.1 Å². The third-order valence-corrected chi connectivity index (χ3v) is 4.36. The van der Waals surface area contributed by atoms with Gasteiger partial charge in [-0.25, -0.2) is 14.2 Å². The second kappa shape index (κ2) is 8.20. The first-order valence-electron chi connectivity index (χ1n) is 9.16. The third-order valence-electron chi connectivity index (χ3n) is 4.36. The van der Waals surface area contributed by atoms with E-state index in [0.717, 1.165) is 0 Å². The minimum absolute atomic E-state index is 0.0114. The molecule has 0 aliphatic rings. The van der Waals surface area contributed by atoms with Gasteiger partial charge in [-0.2, -0.15) is 0 Å². The molecular weight excluding hydrogens is 391 g/mol. The number of rotatable bonds is 6. The number of aromatic nitrogens is 2. The van der Waals surface area contributed by atoms with E-state index in [4.69, 9.17) is 13.9 Å². The van der Waals surface area contributed by atoms with E-state index in [0.29, 0.717) is 22.4 Å². The van der Waals surface area contributed by atoms with Gasteiger partial charge < -0.3 is 18.9 Å². The summed E-state index contributed by atoms with van der Waals surface area (Å²) in [6.07, 6.45) is -0.793. The molecule has 152 valence electrons. The molecule has 0 amide bonds. The molecule has 2 heterocycles. The second-order valence-corrected chi connectivity index (χ2v) is 6.52. The van der Waals surface area contributed by atoms with Gasteiger partial charge >= 0.3 is 5.97 Å². The van der Waals surface area contributed by atoms with Crippen molar-refractivity contribution in [1.29, 1.82) is 0 Å². The monoisotopic (exact) mass is 408 g/mol. The molecule has 0 radical (unpaired) electrons. The van der Waals surface area contributed by atoms with Gasteiger partial charge in [-0.1, -0.05) is 12.1 Å².